The van der Waals surface area contributed by atoms with Gasteiger partial charge in [0.1, 0.15) is 11.5 Å². The third-order valence-corrected chi connectivity index (χ3v) is 14.4. The first-order valence-electron chi connectivity index (χ1n) is 20.7. The van der Waals surface area contributed by atoms with E-state index in [2.05, 4.69) is 9.44 Å². The quantitative estimate of drug-likeness (QED) is 0.270. The Balaban J connectivity index is 1.16. The van der Waals surface area contributed by atoms with Crippen molar-refractivity contribution in [3.63, 3.8) is 0 Å². The number of ether oxygens (including phenoxy) is 4. The normalized spacial score (nSPS) is 26.9. The van der Waals surface area contributed by atoms with Crippen LogP contribution in [-0.2, 0) is 39.1 Å². The number of amides is 2. The molecule has 3 fully saturated rings. The molecule has 1 saturated carbocycles. The summed E-state index contributed by atoms with van der Waals surface area (Å²) >= 11 is 0. The summed E-state index contributed by atoms with van der Waals surface area (Å²) in [5, 5.41) is 0. The van der Waals surface area contributed by atoms with Crippen LogP contribution >= 0.6 is 0 Å². The van der Waals surface area contributed by atoms with Crippen LogP contribution in [0.3, 0.4) is 0 Å². The molecule has 0 spiro atoms. The van der Waals surface area contributed by atoms with Crippen molar-refractivity contribution in [2.45, 2.75) is 101 Å². The van der Waals surface area contributed by atoms with Crippen LogP contribution in [0, 0.1) is 6.92 Å². The highest BCUT2D eigenvalue weighted by atomic mass is 32.2. The van der Waals surface area contributed by atoms with Gasteiger partial charge >= 0.3 is 0 Å². The molecule has 0 radical (unpaired) electrons. The molecule has 2 N–H and O–H groups in total. The summed E-state index contributed by atoms with van der Waals surface area (Å²) in [4.78, 5) is 33.0. The number of sulfonamides is 2. The average Bonchev–Trinajstić information content (AvgIpc) is 3.23. The van der Waals surface area contributed by atoms with Crippen LogP contribution in [0.25, 0.3) is 0 Å². The minimum Gasteiger partial charge on any atom is -0.484 e. The molecule has 2 aromatic rings. The molecule has 18 heteroatoms. The molecule has 1 aliphatic carbocycles. The van der Waals surface area contributed by atoms with Gasteiger partial charge in [0.25, 0.3) is 11.8 Å². The number of nitrogens with zero attached hydrogens (tertiary/aromatic N) is 3. The zero-order valence-corrected chi connectivity index (χ0v) is 35.9. The number of hydrogen-bond donors (Lipinski definition) is 2. The van der Waals surface area contributed by atoms with Crippen LogP contribution in [0.2, 0.25) is 0 Å². The molecule has 3 unspecified atom stereocenters. The second-order valence-corrected chi connectivity index (χ2v) is 19.8. The minimum atomic E-state index is -4.23. The molecule has 4 aliphatic heterocycles. The van der Waals surface area contributed by atoms with Gasteiger partial charge in [0.2, 0.25) is 26.1 Å². The van der Waals surface area contributed by atoms with Crippen molar-refractivity contribution in [3.8, 4) is 11.5 Å². The number of para-hydroxylation sites is 2. The van der Waals surface area contributed by atoms with Crippen molar-refractivity contribution in [3.05, 3.63) is 59.7 Å². The summed E-state index contributed by atoms with van der Waals surface area (Å²) in [5.41, 5.74) is 1.89. The summed E-state index contributed by atoms with van der Waals surface area (Å²) in [6, 6.07) is 10.9. The van der Waals surface area contributed by atoms with Crippen LogP contribution in [0.15, 0.2) is 48.5 Å². The predicted octanol–water partition coefficient (Wildman–Crippen LogP) is 2.94. The number of likely N-dealkylation sites (N-methyl/N-ethyl adjacent to an activating group) is 1. The van der Waals surface area contributed by atoms with Gasteiger partial charge < -0.3 is 33.6 Å². The van der Waals surface area contributed by atoms with E-state index in [1.165, 1.54) is 7.11 Å². The number of benzene rings is 2. The number of carbonyl (C=O) groups is 2. The Kier molecular flexibility index (Phi) is 15.6. The van der Waals surface area contributed by atoms with Crippen molar-refractivity contribution < 1.29 is 49.8 Å². The number of methoxy groups -OCH3 is 1. The van der Waals surface area contributed by atoms with E-state index < -0.39 is 62.2 Å². The van der Waals surface area contributed by atoms with Crippen molar-refractivity contribution in [2.24, 2.45) is 0 Å². The minimum absolute atomic E-state index is 0.0276. The van der Waals surface area contributed by atoms with E-state index in [4.69, 9.17) is 18.9 Å². The lowest BCUT2D eigenvalue weighted by Crippen LogP contribution is -2.62. The highest BCUT2D eigenvalue weighted by Gasteiger charge is 2.42. The molecule has 2 aromatic carbocycles. The fraction of sp³-hybridized carbons (Fsp3) is 0.659. The number of hydrogen-bond acceptors (Lipinski definition) is 11. The highest BCUT2D eigenvalue weighted by Crippen LogP contribution is 2.39. The molecule has 4 heterocycles. The zero-order valence-electron chi connectivity index (χ0n) is 34.3. The van der Waals surface area contributed by atoms with Gasteiger partial charge in [-0.3, -0.25) is 9.59 Å². The number of piperidine rings is 2. The second kappa shape index (κ2) is 20.4. The highest BCUT2D eigenvalue weighted by molar-refractivity contribution is 7.89. The van der Waals surface area contributed by atoms with Crippen LogP contribution in [-0.4, -0.2) is 152 Å². The fourth-order valence-electron chi connectivity index (χ4n) is 8.90. The van der Waals surface area contributed by atoms with E-state index in [1.54, 1.807) is 27.8 Å². The summed E-state index contributed by atoms with van der Waals surface area (Å²) < 4.78 is 95.4. The maximum absolute atomic E-state index is 14.7. The number of carbonyl (C=O) groups excluding carboxylic acids is 2. The number of rotatable bonds is 15. The molecule has 5 aliphatic rings. The lowest BCUT2D eigenvalue weighted by molar-refractivity contribution is -0.146. The first-order valence-corrected chi connectivity index (χ1v) is 24.0. The van der Waals surface area contributed by atoms with Gasteiger partial charge in [-0.05, 0) is 94.5 Å². The lowest BCUT2D eigenvalue weighted by atomic mass is 9.82. The van der Waals surface area contributed by atoms with Crippen LogP contribution in [0.1, 0.15) is 68.4 Å². The maximum Gasteiger partial charge on any atom is 0.265 e. The number of alkyl halides is 1. The summed E-state index contributed by atoms with van der Waals surface area (Å²) in [6.45, 7) is 2.75. The van der Waals surface area contributed by atoms with Gasteiger partial charge in [-0.15, -0.1) is 0 Å². The molecule has 328 valence electrons. The molecular weight excluding hydrogens is 806 g/mol. The topological polar surface area (TPSA) is 173 Å². The third-order valence-electron chi connectivity index (χ3n) is 12.0. The number of nitrogens with one attached hydrogen (secondary N) is 2. The van der Waals surface area contributed by atoms with E-state index >= 15 is 0 Å². The Labute approximate surface area is 348 Å². The lowest BCUT2D eigenvalue weighted by Gasteiger charge is -2.43. The number of aryl methyl sites for hydroxylation is 1. The van der Waals surface area contributed by atoms with E-state index in [9.17, 15) is 30.8 Å². The monoisotopic (exact) mass is 865 g/mol. The molecule has 15 nitrogen and oxygen atoms in total. The van der Waals surface area contributed by atoms with Crippen molar-refractivity contribution in [2.75, 3.05) is 71.9 Å². The van der Waals surface area contributed by atoms with Crippen LogP contribution in [0.4, 0.5) is 4.39 Å². The number of halogens is 1. The Bertz CT molecular complexity index is 1950. The predicted molar refractivity (Wildman–Crippen MR) is 220 cm³/mol. The van der Waals surface area contributed by atoms with Crippen LogP contribution in [0.5, 0.6) is 11.5 Å². The largest absolute Gasteiger partial charge is 0.484 e. The molecule has 2 amide bonds. The Morgan fingerprint density at radius 1 is 0.932 bits per heavy atom. The van der Waals surface area contributed by atoms with Gasteiger partial charge in [-0.25, -0.2) is 30.7 Å². The van der Waals surface area contributed by atoms with E-state index in [0.29, 0.717) is 50.3 Å². The SMILES string of the molecule is COCC1[C@@H](NS(=O)(=O)CCN(C)CC2Oc3ccccc3C3CCC(CC3)OC[C@H]3C(NS(=O)(=O)CF)CCCN3C2=O)CCCN1C(=O)COc1ccccc1C. The van der Waals surface area contributed by atoms with Crippen molar-refractivity contribution in [1.29, 1.82) is 0 Å². The Morgan fingerprint density at radius 3 is 2.37 bits per heavy atom. The first-order chi connectivity index (χ1) is 28.3. The maximum atomic E-state index is 14.7. The zero-order chi connectivity index (χ0) is 42.2. The molecule has 59 heavy (non-hydrogen) atoms. The molecule has 5 atom stereocenters. The standard InChI is InChI=1S/C41H60FN5O10S2/c1-29-10-4-6-14-37(29)56-27-40(48)46-20-8-12-33(35(46)25-54-3)43-58(50,51)23-22-45(2)24-39-41(49)47-21-9-13-34(44-59(52,53)28-42)36(47)26-55-31-18-16-30(17-19-31)32-11-5-7-15-38(32)57-39/h4-7,10-11,14-15,30-31,33-36,39,43-44H,8-9,12-13,16-28H2,1-3H3/t30?,31?,33-,34?,35?,36-,39?/m0/s1. The first kappa shape index (κ1) is 45.1. The molecular formula is C41H60FN5O10S2. The van der Waals surface area contributed by atoms with Crippen LogP contribution < -0.4 is 18.9 Å². The molecule has 0 aromatic heterocycles. The second-order valence-electron chi connectivity index (χ2n) is 16.3. The smallest absolute Gasteiger partial charge is 0.265 e. The average molecular weight is 866 g/mol. The van der Waals surface area contributed by atoms with Gasteiger partial charge in [-0.2, -0.15) is 0 Å². The van der Waals surface area contributed by atoms with E-state index in [0.717, 1.165) is 36.8 Å². The van der Waals surface area contributed by atoms with Gasteiger partial charge in [0, 0.05) is 45.4 Å². The molecule has 2 bridgehead atoms. The summed E-state index contributed by atoms with van der Waals surface area (Å²) in [6.07, 6.45) is 4.12. The van der Waals surface area contributed by atoms with E-state index in [-0.39, 0.29) is 56.6 Å². The van der Waals surface area contributed by atoms with E-state index in [1.807, 2.05) is 49.4 Å². The Morgan fingerprint density at radius 2 is 1.63 bits per heavy atom. The van der Waals surface area contributed by atoms with Gasteiger partial charge in [0.05, 0.1) is 37.2 Å². The summed E-state index contributed by atoms with van der Waals surface area (Å²) in [5.74, 6) is 0.421. The molecule has 7 rings (SSSR count). The van der Waals surface area contributed by atoms with Crippen molar-refractivity contribution in [1.82, 2.24) is 24.1 Å². The molecule has 2 saturated heterocycles. The third kappa shape index (κ3) is 11.9. The number of likely N-dealkylation sites (tertiary alicyclic amines) is 1. The summed E-state index contributed by atoms with van der Waals surface area (Å²) in [7, 11) is -4.89. The fourth-order valence-corrected chi connectivity index (χ4v) is 11.1. The van der Waals surface area contributed by atoms with Gasteiger partial charge in [0.15, 0.2) is 12.7 Å². The number of fused-ring (bicyclic) bond motifs is 5. The Hall–Kier alpha value is -3.39. The van der Waals surface area contributed by atoms with Gasteiger partial charge in [-0.1, -0.05) is 36.4 Å². The van der Waals surface area contributed by atoms with Crippen molar-refractivity contribution >= 4 is 31.9 Å².